The highest BCUT2D eigenvalue weighted by molar-refractivity contribution is 7.88. The highest BCUT2D eigenvalue weighted by Gasteiger charge is 2.27. The summed E-state index contributed by atoms with van der Waals surface area (Å²) >= 11 is 0. The number of hydrogen-bond acceptors (Lipinski definition) is 6. The molecule has 2 aromatic rings. The highest BCUT2D eigenvalue weighted by Crippen LogP contribution is 2.29. The lowest BCUT2D eigenvalue weighted by atomic mass is 10.1. The molecule has 1 atom stereocenters. The first kappa shape index (κ1) is 18.0. The molecule has 7 nitrogen and oxygen atoms in total. The molecule has 2 heterocycles. The van der Waals surface area contributed by atoms with E-state index in [0.717, 1.165) is 16.5 Å². The molecule has 1 aliphatic rings. The number of aromatic nitrogens is 2. The number of benzene rings is 1. The molecule has 8 heteroatoms. The van der Waals surface area contributed by atoms with E-state index in [1.54, 1.807) is 0 Å². The van der Waals surface area contributed by atoms with Crippen LogP contribution in [0.15, 0.2) is 18.2 Å². The molecular weight excluding hydrogens is 340 g/mol. The zero-order chi connectivity index (χ0) is 18.2. The summed E-state index contributed by atoms with van der Waals surface area (Å²) in [5.74, 6) is 1.08. The van der Waals surface area contributed by atoms with Gasteiger partial charge in [0.2, 0.25) is 15.9 Å². The molecule has 136 valence electrons. The van der Waals surface area contributed by atoms with Gasteiger partial charge in [-0.15, -0.1) is 0 Å². The fourth-order valence-electron chi connectivity index (χ4n) is 3.06. The summed E-state index contributed by atoms with van der Waals surface area (Å²) in [5.41, 5.74) is 7.81. The van der Waals surface area contributed by atoms with Crippen LogP contribution >= 0.6 is 0 Å². The molecule has 3 rings (SSSR count). The van der Waals surface area contributed by atoms with Crippen LogP contribution < -0.4 is 10.5 Å². The number of fused-ring (bicyclic) bond motifs is 1. The van der Waals surface area contributed by atoms with Crippen LogP contribution in [0.25, 0.3) is 10.9 Å². The Labute approximate surface area is 148 Å². The van der Waals surface area contributed by atoms with Crippen molar-refractivity contribution in [1.82, 2.24) is 14.3 Å². The normalized spacial score (nSPS) is 18.4. The summed E-state index contributed by atoms with van der Waals surface area (Å²) in [7, 11) is -3.15. The van der Waals surface area contributed by atoms with Crippen molar-refractivity contribution in [2.75, 3.05) is 19.3 Å². The maximum atomic E-state index is 11.6. The van der Waals surface area contributed by atoms with Gasteiger partial charge in [0.15, 0.2) is 0 Å². The van der Waals surface area contributed by atoms with E-state index >= 15 is 0 Å². The predicted molar refractivity (Wildman–Crippen MR) is 96.9 cm³/mol. The van der Waals surface area contributed by atoms with Crippen LogP contribution in [0.4, 0.5) is 0 Å². The third-order valence-corrected chi connectivity index (χ3v) is 5.77. The molecule has 0 radical (unpaired) electrons. The van der Waals surface area contributed by atoms with Crippen molar-refractivity contribution in [3.8, 4) is 5.88 Å². The van der Waals surface area contributed by atoms with Crippen LogP contribution in [-0.4, -0.2) is 48.1 Å². The molecule has 25 heavy (non-hydrogen) atoms. The van der Waals surface area contributed by atoms with Crippen molar-refractivity contribution in [1.29, 1.82) is 0 Å². The van der Waals surface area contributed by atoms with Crippen molar-refractivity contribution in [3.63, 3.8) is 0 Å². The third kappa shape index (κ3) is 3.91. The molecule has 1 fully saturated rings. The zero-order valence-corrected chi connectivity index (χ0v) is 15.6. The number of nitrogens with two attached hydrogens (primary N) is 1. The Bertz CT molecular complexity index is 875. The van der Waals surface area contributed by atoms with E-state index in [2.05, 4.69) is 9.97 Å². The van der Waals surface area contributed by atoms with E-state index in [-0.39, 0.29) is 12.1 Å². The summed E-state index contributed by atoms with van der Waals surface area (Å²) in [6.45, 7) is 4.76. The Morgan fingerprint density at radius 2 is 1.96 bits per heavy atom. The van der Waals surface area contributed by atoms with E-state index in [4.69, 9.17) is 10.5 Å². The van der Waals surface area contributed by atoms with Crippen LogP contribution in [-0.2, 0) is 10.0 Å². The van der Waals surface area contributed by atoms with E-state index in [0.29, 0.717) is 37.6 Å². The van der Waals surface area contributed by atoms with Gasteiger partial charge in [-0.1, -0.05) is 12.1 Å². The number of rotatable bonds is 4. The Morgan fingerprint density at radius 3 is 2.56 bits per heavy atom. The van der Waals surface area contributed by atoms with Gasteiger partial charge in [-0.2, -0.15) is 4.98 Å². The van der Waals surface area contributed by atoms with E-state index in [9.17, 15) is 8.42 Å². The first-order chi connectivity index (χ1) is 11.8. The van der Waals surface area contributed by atoms with Gasteiger partial charge in [-0.05, 0) is 38.3 Å². The summed E-state index contributed by atoms with van der Waals surface area (Å²) in [4.78, 5) is 9.06. The fraction of sp³-hybridized carbons (Fsp3) is 0.529. The van der Waals surface area contributed by atoms with Gasteiger partial charge in [0.05, 0.1) is 23.2 Å². The van der Waals surface area contributed by atoms with Crippen molar-refractivity contribution in [2.45, 2.75) is 38.8 Å². The Hall–Kier alpha value is -1.77. The fourth-order valence-corrected chi connectivity index (χ4v) is 3.93. The van der Waals surface area contributed by atoms with Crippen LogP contribution in [0.3, 0.4) is 0 Å². The average molecular weight is 364 g/mol. The van der Waals surface area contributed by atoms with Crippen molar-refractivity contribution >= 4 is 20.9 Å². The van der Waals surface area contributed by atoms with E-state index in [1.807, 2.05) is 32.0 Å². The lowest BCUT2D eigenvalue weighted by Gasteiger charge is -2.30. The lowest BCUT2D eigenvalue weighted by molar-refractivity contribution is 0.131. The quantitative estimate of drug-likeness (QED) is 0.888. The number of ether oxygens (including phenoxy) is 1. The molecule has 1 unspecified atom stereocenters. The summed E-state index contributed by atoms with van der Waals surface area (Å²) in [6.07, 6.45) is 2.44. The van der Waals surface area contributed by atoms with Crippen LogP contribution in [0.5, 0.6) is 5.88 Å². The minimum atomic E-state index is -3.15. The summed E-state index contributed by atoms with van der Waals surface area (Å²) in [5, 5.41) is 0.887. The minimum Gasteiger partial charge on any atom is -0.474 e. The summed E-state index contributed by atoms with van der Waals surface area (Å²) < 4.78 is 30.9. The number of aryl methyl sites for hydroxylation is 1. The molecule has 0 spiro atoms. The molecule has 0 saturated carbocycles. The molecule has 1 saturated heterocycles. The van der Waals surface area contributed by atoms with Crippen LogP contribution in [0, 0.1) is 6.92 Å². The highest BCUT2D eigenvalue weighted by atomic mass is 32.2. The second-order valence-electron chi connectivity index (χ2n) is 6.62. The standard InChI is InChI=1S/C17H24N4O3S/c1-11-5-4-6-14-15(11)17(20-16(19-14)12(2)18)24-13-7-9-21(10-8-13)25(3,22)23/h4-6,12-13H,7-10,18H2,1-3H3. The number of hydrogen-bond donors (Lipinski definition) is 1. The number of piperidine rings is 1. The van der Waals surface area contributed by atoms with E-state index < -0.39 is 10.0 Å². The Balaban J connectivity index is 1.88. The maximum absolute atomic E-state index is 11.6. The zero-order valence-electron chi connectivity index (χ0n) is 14.8. The van der Waals surface area contributed by atoms with E-state index in [1.165, 1.54) is 10.6 Å². The van der Waals surface area contributed by atoms with Gasteiger partial charge in [-0.25, -0.2) is 17.7 Å². The molecule has 1 aromatic carbocycles. The largest absolute Gasteiger partial charge is 0.474 e. The smallest absolute Gasteiger partial charge is 0.225 e. The van der Waals surface area contributed by atoms with Gasteiger partial charge in [-0.3, -0.25) is 0 Å². The van der Waals surface area contributed by atoms with Crippen molar-refractivity contribution in [3.05, 3.63) is 29.6 Å². The Kier molecular flexibility index (Phi) is 4.95. The van der Waals surface area contributed by atoms with Gasteiger partial charge in [0.25, 0.3) is 0 Å². The van der Waals surface area contributed by atoms with Crippen molar-refractivity contribution in [2.24, 2.45) is 5.73 Å². The van der Waals surface area contributed by atoms with Gasteiger partial charge in [0, 0.05) is 13.1 Å². The molecule has 1 aromatic heterocycles. The SMILES string of the molecule is Cc1cccc2nc(C(C)N)nc(OC3CCN(S(C)(=O)=O)CC3)c12. The van der Waals surface area contributed by atoms with Crippen LogP contribution in [0.1, 0.15) is 37.2 Å². The van der Waals surface area contributed by atoms with Gasteiger partial charge in [0.1, 0.15) is 11.9 Å². The molecule has 0 bridgehead atoms. The second-order valence-corrected chi connectivity index (χ2v) is 8.61. The van der Waals surface area contributed by atoms with Gasteiger partial charge < -0.3 is 10.5 Å². The molecule has 0 aliphatic carbocycles. The monoisotopic (exact) mass is 364 g/mol. The summed E-state index contributed by atoms with van der Waals surface area (Å²) in [6, 6.07) is 5.58. The van der Waals surface area contributed by atoms with Gasteiger partial charge >= 0.3 is 0 Å². The average Bonchev–Trinajstić information content (AvgIpc) is 2.54. The Morgan fingerprint density at radius 1 is 1.28 bits per heavy atom. The molecule has 2 N–H and O–H groups in total. The topological polar surface area (TPSA) is 98.4 Å². The molecular formula is C17H24N4O3S. The number of nitrogens with zero attached hydrogens (tertiary/aromatic N) is 3. The first-order valence-corrected chi connectivity index (χ1v) is 10.2. The first-order valence-electron chi connectivity index (χ1n) is 8.40. The lowest BCUT2D eigenvalue weighted by Crippen LogP contribution is -2.41. The second kappa shape index (κ2) is 6.86. The molecule has 1 aliphatic heterocycles. The maximum Gasteiger partial charge on any atom is 0.225 e. The van der Waals surface area contributed by atoms with Crippen molar-refractivity contribution < 1.29 is 13.2 Å². The molecule has 0 amide bonds. The number of sulfonamides is 1. The predicted octanol–water partition coefficient (Wildman–Crippen LogP) is 1.76. The third-order valence-electron chi connectivity index (χ3n) is 4.47. The van der Waals surface area contributed by atoms with Crippen LogP contribution in [0.2, 0.25) is 0 Å². The minimum absolute atomic E-state index is 0.0726.